The Morgan fingerprint density at radius 3 is 2.66 bits per heavy atom. The maximum atomic E-state index is 12.6. The first-order chi connectivity index (χ1) is 14.0. The molecule has 156 valence electrons. The summed E-state index contributed by atoms with van der Waals surface area (Å²) in [5.74, 6) is 1.00. The van der Waals surface area contributed by atoms with Crippen LogP contribution < -0.4 is 14.8 Å². The third-order valence-corrected chi connectivity index (χ3v) is 4.91. The first-order valence-electron chi connectivity index (χ1n) is 9.69. The maximum Gasteiger partial charge on any atom is 0.251 e. The van der Waals surface area contributed by atoms with Crippen LogP contribution in [0.3, 0.4) is 0 Å². The second kappa shape index (κ2) is 9.40. The van der Waals surface area contributed by atoms with E-state index in [1.165, 1.54) is 6.33 Å². The number of carbonyl (C=O) groups is 2. The number of carbonyl (C=O) groups excluding carboxylic acids is 2. The number of amides is 2. The molecule has 3 rings (SSSR count). The van der Waals surface area contributed by atoms with E-state index in [1.54, 1.807) is 43.2 Å². The highest BCUT2D eigenvalue weighted by atomic mass is 16.5. The van der Waals surface area contributed by atoms with Gasteiger partial charge < -0.3 is 19.7 Å². The molecule has 1 aliphatic rings. The van der Waals surface area contributed by atoms with Crippen LogP contribution in [0.4, 0.5) is 0 Å². The molecule has 1 saturated heterocycles. The molecule has 9 heteroatoms. The van der Waals surface area contributed by atoms with Gasteiger partial charge in [-0.2, -0.15) is 5.10 Å². The van der Waals surface area contributed by atoms with E-state index >= 15 is 0 Å². The zero-order valence-electron chi connectivity index (χ0n) is 17.0. The molecule has 0 aliphatic carbocycles. The van der Waals surface area contributed by atoms with Crippen LogP contribution in [0.5, 0.6) is 11.5 Å². The molecule has 1 aromatic heterocycles. The van der Waals surface area contributed by atoms with Crippen LogP contribution in [0.1, 0.15) is 37.0 Å². The van der Waals surface area contributed by atoms with Crippen molar-refractivity contribution in [2.24, 2.45) is 0 Å². The number of hydrogen-bond acceptors (Lipinski definition) is 6. The SMILES string of the molecule is COc1cc(C(=O)NC(C)Cn2cncn2)ccc1OC1CCN(C(C)=O)CC1. The number of hydrogen-bond donors (Lipinski definition) is 1. The number of piperidine rings is 1. The van der Waals surface area contributed by atoms with Gasteiger partial charge in [0.2, 0.25) is 5.91 Å². The fourth-order valence-electron chi connectivity index (χ4n) is 3.33. The summed E-state index contributed by atoms with van der Waals surface area (Å²) in [6.45, 7) is 5.39. The third kappa shape index (κ3) is 5.46. The average Bonchev–Trinajstić information content (AvgIpc) is 3.21. The van der Waals surface area contributed by atoms with E-state index in [0.717, 1.165) is 12.8 Å². The summed E-state index contributed by atoms with van der Waals surface area (Å²) < 4.78 is 13.2. The van der Waals surface area contributed by atoms with E-state index in [4.69, 9.17) is 9.47 Å². The third-order valence-electron chi connectivity index (χ3n) is 4.91. The highest BCUT2D eigenvalue weighted by Gasteiger charge is 2.23. The van der Waals surface area contributed by atoms with Crippen molar-refractivity contribution in [3.8, 4) is 11.5 Å². The number of nitrogens with one attached hydrogen (secondary N) is 1. The van der Waals surface area contributed by atoms with Crippen molar-refractivity contribution < 1.29 is 19.1 Å². The molecular formula is C20H27N5O4. The maximum absolute atomic E-state index is 12.6. The number of likely N-dealkylation sites (tertiary alicyclic amines) is 1. The van der Waals surface area contributed by atoms with Crippen LogP contribution in [0, 0.1) is 0 Å². The minimum absolute atomic E-state index is 0.0156. The Labute approximate surface area is 170 Å². The molecule has 1 aliphatic heterocycles. The predicted molar refractivity (Wildman–Crippen MR) is 106 cm³/mol. The van der Waals surface area contributed by atoms with Gasteiger partial charge in [-0.05, 0) is 25.1 Å². The minimum atomic E-state index is -0.197. The Bertz CT molecular complexity index is 831. The number of ether oxygens (including phenoxy) is 2. The van der Waals surface area contributed by atoms with Gasteiger partial charge >= 0.3 is 0 Å². The van der Waals surface area contributed by atoms with E-state index in [9.17, 15) is 9.59 Å². The first kappa shape index (κ1) is 20.6. The normalized spacial score (nSPS) is 15.6. The summed E-state index contributed by atoms with van der Waals surface area (Å²) in [5, 5.41) is 6.98. The summed E-state index contributed by atoms with van der Waals surface area (Å²) in [4.78, 5) is 29.7. The lowest BCUT2D eigenvalue weighted by atomic mass is 10.1. The monoisotopic (exact) mass is 401 g/mol. The summed E-state index contributed by atoms with van der Waals surface area (Å²) >= 11 is 0. The second-order valence-corrected chi connectivity index (χ2v) is 7.18. The van der Waals surface area contributed by atoms with E-state index in [-0.39, 0.29) is 24.0 Å². The summed E-state index contributed by atoms with van der Waals surface area (Å²) in [5.41, 5.74) is 0.492. The fourth-order valence-corrected chi connectivity index (χ4v) is 3.33. The van der Waals surface area contributed by atoms with Gasteiger partial charge in [0.05, 0.1) is 13.7 Å². The molecule has 1 aromatic carbocycles. The van der Waals surface area contributed by atoms with Crippen molar-refractivity contribution >= 4 is 11.8 Å². The van der Waals surface area contributed by atoms with Gasteiger partial charge in [0.15, 0.2) is 11.5 Å². The fraction of sp³-hybridized carbons (Fsp3) is 0.500. The zero-order chi connectivity index (χ0) is 20.8. The molecule has 0 bridgehead atoms. The van der Waals surface area contributed by atoms with Crippen LogP contribution in [0.15, 0.2) is 30.9 Å². The smallest absolute Gasteiger partial charge is 0.251 e. The molecular weight excluding hydrogens is 374 g/mol. The molecule has 0 radical (unpaired) electrons. The minimum Gasteiger partial charge on any atom is -0.493 e. The summed E-state index contributed by atoms with van der Waals surface area (Å²) in [7, 11) is 1.55. The first-order valence-corrected chi connectivity index (χ1v) is 9.69. The summed E-state index contributed by atoms with van der Waals surface area (Å²) in [6, 6.07) is 5.04. The molecule has 1 fully saturated rings. The lowest BCUT2D eigenvalue weighted by Gasteiger charge is -2.31. The largest absolute Gasteiger partial charge is 0.493 e. The molecule has 0 spiro atoms. The predicted octanol–water partition coefficient (Wildman–Crippen LogP) is 1.49. The van der Waals surface area contributed by atoms with Gasteiger partial charge in [-0.25, -0.2) is 4.98 Å². The molecule has 2 heterocycles. The molecule has 1 unspecified atom stereocenters. The van der Waals surface area contributed by atoms with Gasteiger partial charge in [-0.3, -0.25) is 14.3 Å². The van der Waals surface area contributed by atoms with E-state index in [2.05, 4.69) is 15.4 Å². The van der Waals surface area contributed by atoms with E-state index in [1.807, 2.05) is 11.8 Å². The lowest BCUT2D eigenvalue weighted by molar-refractivity contribution is -0.130. The van der Waals surface area contributed by atoms with Crippen LogP contribution in [0.25, 0.3) is 0 Å². The number of rotatable bonds is 7. The number of nitrogens with zero attached hydrogens (tertiary/aromatic N) is 4. The molecule has 2 amide bonds. The van der Waals surface area contributed by atoms with Gasteiger partial charge in [0, 0.05) is 44.5 Å². The van der Waals surface area contributed by atoms with E-state index < -0.39 is 0 Å². The van der Waals surface area contributed by atoms with Crippen molar-refractivity contribution in [1.29, 1.82) is 0 Å². The topological polar surface area (TPSA) is 98.6 Å². The molecule has 1 atom stereocenters. The van der Waals surface area contributed by atoms with Crippen molar-refractivity contribution in [2.75, 3.05) is 20.2 Å². The van der Waals surface area contributed by atoms with Crippen molar-refractivity contribution in [3.63, 3.8) is 0 Å². The van der Waals surface area contributed by atoms with E-state index in [0.29, 0.717) is 36.7 Å². The molecule has 0 saturated carbocycles. The number of methoxy groups -OCH3 is 1. The Hall–Kier alpha value is -3.10. The van der Waals surface area contributed by atoms with Crippen LogP contribution >= 0.6 is 0 Å². The van der Waals surface area contributed by atoms with Crippen molar-refractivity contribution in [1.82, 2.24) is 25.0 Å². The number of benzene rings is 1. The average molecular weight is 401 g/mol. The molecule has 29 heavy (non-hydrogen) atoms. The Morgan fingerprint density at radius 1 is 1.28 bits per heavy atom. The van der Waals surface area contributed by atoms with Gasteiger partial charge in [0.25, 0.3) is 5.91 Å². The van der Waals surface area contributed by atoms with Crippen LogP contribution in [-0.2, 0) is 11.3 Å². The van der Waals surface area contributed by atoms with Crippen molar-refractivity contribution in [3.05, 3.63) is 36.4 Å². The quantitative estimate of drug-likeness (QED) is 0.755. The molecule has 9 nitrogen and oxygen atoms in total. The standard InChI is InChI=1S/C20H27N5O4/c1-14(11-25-13-21-12-22-25)23-20(27)16-4-5-18(19(10-16)28-3)29-17-6-8-24(9-7-17)15(2)26/h4-5,10,12-14,17H,6-9,11H2,1-3H3,(H,23,27). The van der Waals surface area contributed by atoms with Gasteiger partial charge in [-0.1, -0.05) is 0 Å². The molecule has 1 N–H and O–H groups in total. The van der Waals surface area contributed by atoms with Gasteiger partial charge in [0.1, 0.15) is 18.8 Å². The molecule has 2 aromatic rings. The van der Waals surface area contributed by atoms with Gasteiger partial charge in [-0.15, -0.1) is 0 Å². The Balaban J connectivity index is 1.59. The van der Waals surface area contributed by atoms with Crippen LogP contribution in [-0.4, -0.2) is 63.8 Å². The Morgan fingerprint density at radius 2 is 2.03 bits per heavy atom. The van der Waals surface area contributed by atoms with Crippen molar-refractivity contribution in [2.45, 2.75) is 45.4 Å². The highest BCUT2D eigenvalue weighted by Crippen LogP contribution is 2.30. The number of aromatic nitrogens is 3. The van der Waals surface area contributed by atoms with Crippen LogP contribution in [0.2, 0.25) is 0 Å². The highest BCUT2D eigenvalue weighted by molar-refractivity contribution is 5.95. The zero-order valence-corrected chi connectivity index (χ0v) is 17.0. The Kier molecular flexibility index (Phi) is 6.69. The second-order valence-electron chi connectivity index (χ2n) is 7.18. The summed E-state index contributed by atoms with van der Waals surface area (Å²) in [6.07, 6.45) is 4.62. The lowest BCUT2D eigenvalue weighted by Crippen LogP contribution is -2.40.